The smallest absolute Gasteiger partial charge is 0.224 e. The maximum atomic E-state index is 11.9. The van der Waals surface area contributed by atoms with Gasteiger partial charge in [-0.3, -0.25) is 4.79 Å². The first-order valence-corrected chi connectivity index (χ1v) is 7.57. The molecule has 1 atom stereocenters. The third-order valence-electron chi connectivity index (χ3n) is 3.56. The molecule has 1 amide bonds. The molecule has 1 aromatic heterocycles. The van der Waals surface area contributed by atoms with Gasteiger partial charge in [0.15, 0.2) is 0 Å². The van der Waals surface area contributed by atoms with Crippen molar-refractivity contribution < 1.29 is 4.79 Å². The number of carbonyl (C=O) groups excluding carboxylic acids is 1. The molecule has 1 unspecified atom stereocenters. The van der Waals surface area contributed by atoms with Crippen LogP contribution in [0.3, 0.4) is 0 Å². The van der Waals surface area contributed by atoms with Gasteiger partial charge in [-0.05, 0) is 19.1 Å². The minimum Gasteiger partial charge on any atom is -0.361 e. The van der Waals surface area contributed by atoms with E-state index in [0.717, 1.165) is 29.5 Å². The molecule has 104 valence electrons. The highest BCUT2D eigenvalue weighted by molar-refractivity contribution is 7.09. The lowest BCUT2D eigenvalue weighted by Crippen LogP contribution is -2.49. The monoisotopic (exact) mass is 287 g/mol. The molecule has 3 rings (SSSR count). The quantitative estimate of drug-likeness (QED) is 0.852. The Hall–Kier alpha value is -1.88. The van der Waals surface area contributed by atoms with Crippen molar-refractivity contribution in [1.82, 2.24) is 4.98 Å². The normalized spacial score (nSPS) is 18.0. The van der Waals surface area contributed by atoms with Crippen LogP contribution in [0.2, 0.25) is 0 Å². The Morgan fingerprint density at radius 1 is 1.40 bits per heavy atom. The van der Waals surface area contributed by atoms with E-state index in [1.165, 1.54) is 0 Å². The Balaban J connectivity index is 1.97. The predicted octanol–water partition coefficient (Wildman–Crippen LogP) is 2.90. The molecule has 1 aliphatic rings. The van der Waals surface area contributed by atoms with Gasteiger partial charge < -0.3 is 9.80 Å². The number of anilines is 2. The number of thiazole rings is 1. The van der Waals surface area contributed by atoms with E-state index >= 15 is 0 Å². The highest BCUT2D eigenvalue weighted by Gasteiger charge is 2.30. The number of fused-ring (bicyclic) bond motifs is 1. The second-order valence-corrected chi connectivity index (χ2v) is 6.01. The maximum absolute atomic E-state index is 11.9. The summed E-state index contributed by atoms with van der Waals surface area (Å²) in [6.07, 6.45) is 1.83. The maximum Gasteiger partial charge on any atom is 0.224 e. The summed E-state index contributed by atoms with van der Waals surface area (Å²) in [7, 11) is 0. The minimum absolute atomic E-state index is 0.0962. The molecule has 0 saturated carbocycles. The summed E-state index contributed by atoms with van der Waals surface area (Å²) < 4.78 is 0. The molecule has 0 saturated heterocycles. The highest BCUT2D eigenvalue weighted by atomic mass is 32.1. The molecule has 2 heterocycles. The van der Waals surface area contributed by atoms with Crippen molar-refractivity contribution in [3.8, 4) is 0 Å². The van der Waals surface area contributed by atoms with Crippen molar-refractivity contribution in [2.75, 3.05) is 16.3 Å². The third kappa shape index (κ3) is 2.29. The van der Waals surface area contributed by atoms with Crippen LogP contribution < -0.4 is 9.80 Å². The average molecular weight is 287 g/mol. The Kier molecular flexibility index (Phi) is 3.44. The summed E-state index contributed by atoms with van der Waals surface area (Å²) in [5.41, 5.74) is 2.10. The molecule has 0 bridgehead atoms. The van der Waals surface area contributed by atoms with Crippen LogP contribution in [0, 0.1) is 0 Å². The molecular weight excluding hydrogens is 270 g/mol. The molecule has 0 radical (unpaired) electrons. The van der Waals surface area contributed by atoms with E-state index in [1.807, 2.05) is 34.7 Å². The summed E-state index contributed by atoms with van der Waals surface area (Å²) in [5.74, 6) is 0.0962. The fourth-order valence-electron chi connectivity index (χ4n) is 2.80. The van der Waals surface area contributed by atoms with E-state index in [9.17, 15) is 4.79 Å². The van der Waals surface area contributed by atoms with E-state index in [-0.39, 0.29) is 11.9 Å². The fraction of sp³-hybridized carbons (Fsp3) is 0.333. The number of nitrogens with zero attached hydrogens (tertiary/aromatic N) is 3. The van der Waals surface area contributed by atoms with Crippen molar-refractivity contribution in [3.05, 3.63) is 40.8 Å². The Morgan fingerprint density at radius 2 is 2.15 bits per heavy atom. The van der Waals surface area contributed by atoms with Crippen LogP contribution in [0.5, 0.6) is 0 Å². The molecule has 1 aliphatic heterocycles. The molecule has 4 nitrogen and oxygen atoms in total. The van der Waals surface area contributed by atoms with Crippen molar-refractivity contribution >= 4 is 28.6 Å². The Morgan fingerprint density at radius 3 is 2.80 bits per heavy atom. The first-order valence-electron chi connectivity index (χ1n) is 6.69. The molecule has 5 heteroatoms. The molecule has 20 heavy (non-hydrogen) atoms. The lowest BCUT2D eigenvalue weighted by Gasteiger charge is -2.41. The van der Waals surface area contributed by atoms with Crippen LogP contribution in [-0.2, 0) is 11.3 Å². The lowest BCUT2D eigenvalue weighted by atomic mass is 10.1. The SMILES string of the molecule is CC(=O)N1c2ccccc2N(Cc2nccs2)CC1C. The molecule has 0 N–H and O–H groups in total. The first kappa shape index (κ1) is 13.1. The fourth-order valence-corrected chi connectivity index (χ4v) is 3.43. The average Bonchev–Trinajstić information content (AvgIpc) is 2.91. The van der Waals surface area contributed by atoms with Gasteiger partial charge in [-0.25, -0.2) is 4.98 Å². The standard InChI is InChI=1S/C15H17N3OS/c1-11-9-17(10-15-16-7-8-20-15)13-5-3-4-6-14(13)18(11)12(2)19/h3-8,11H,9-10H2,1-2H3. The summed E-state index contributed by atoms with van der Waals surface area (Å²) in [5, 5.41) is 3.10. The Bertz CT molecular complexity index is 611. The van der Waals surface area contributed by atoms with Gasteiger partial charge in [-0.1, -0.05) is 12.1 Å². The van der Waals surface area contributed by atoms with Crippen molar-refractivity contribution in [1.29, 1.82) is 0 Å². The summed E-state index contributed by atoms with van der Waals surface area (Å²) >= 11 is 1.67. The van der Waals surface area contributed by atoms with E-state index in [0.29, 0.717) is 0 Å². The van der Waals surface area contributed by atoms with Crippen molar-refractivity contribution in [2.45, 2.75) is 26.4 Å². The van der Waals surface area contributed by atoms with Gasteiger partial charge >= 0.3 is 0 Å². The van der Waals surface area contributed by atoms with E-state index < -0.39 is 0 Å². The van der Waals surface area contributed by atoms with Gasteiger partial charge in [0, 0.05) is 25.0 Å². The molecule has 0 spiro atoms. The van der Waals surface area contributed by atoms with Crippen molar-refractivity contribution in [2.24, 2.45) is 0 Å². The number of hydrogen-bond acceptors (Lipinski definition) is 4. The zero-order chi connectivity index (χ0) is 14.1. The summed E-state index contributed by atoms with van der Waals surface area (Å²) in [6.45, 7) is 5.34. The Labute approximate surface area is 122 Å². The summed E-state index contributed by atoms with van der Waals surface area (Å²) in [4.78, 5) is 20.4. The molecule has 2 aromatic rings. The van der Waals surface area contributed by atoms with Crippen LogP contribution in [0.15, 0.2) is 35.8 Å². The number of rotatable bonds is 2. The third-order valence-corrected chi connectivity index (χ3v) is 4.32. The predicted molar refractivity (Wildman–Crippen MR) is 82.2 cm³/mol. The molecule has 0 fully saturated rings. The van der Waals surface area contributed by atoms with Gasteiger partial charge in [0.1, 0.15) is 5.01 Å². The van der Waals surface area contributed by atoms with Crippen LogP contribution >= 0.6 is 11.3 Å². The van der Waals surface area contributed by atoms with E-state index in [2.05, 4.69) is 22.9 Å². The van der Waals surface area contributed by atoms with Gasteiger partial charge in [-0.15, -0.1) is 11.3 Å². The van der Waals surface area contributed by atoms with Crippen LogP contribution in [0.4, 0.5) is 11.4 Å². The number of aromatic nitrogens is 1. The number of benzene rings is 1. The van der Waals surface area contributed by atoms with Gasteiger partial charge in [-0.2, -0.15) is 0 Å². The van der Waals surface area contributed by atoms with E-state index in [4.69, 9.17) is 0 Å². The van der Waals surface area contributed by atoms with Gasteiger partial charge in [0.2, 0.25) is 5.91 Å². The van der Waals surface area contributed by atoms with E-state index in [1.54, 1.807) is 18.3 Å². The second kappa shape index (κ2) is 5.25. The van der Waals surface area contributed by atoms with Crippen molar-refractivity contribution in [3.63, 3.8) is 0 Å². The van der Waals surface area contributed by atoms with Crippen LogP contribution in [0.25, 0.3) is 0 Å². The highest BCUT2D eigenvalue weighted by Crippen LogP contribution is 2.36. The number of carbonyl (C=O) groups is 1. The number of hydrogen-bond donors (Lipinski definition) is 0. The minimum atomic E-state index is 0.0962. The zero-order valence-corrected chi connectivity index (χ0v) is 12.4. The largest absolute Gasteiger partial charge is 0.361 e. The molecule has 0 aliphatic carbocycles. The van der Waals surface area contributed by atoms with Gasteiger partial charge in [0.05, 0.1) is 24.0 Å². The van der Waals surface area contributed by atoms with Gasteiger partial charge in [0.25, 0.3) is 0 Å². The first-order chi connectivity index (χ1) is 9.66. The number of amides is 1. The second-order valence-electron chi connectivity index (χ2n) is 5.03. The lowest BCUT2D eigenvalue weighted by molar-refractivity contribution is -0.117. The zero-order valence-electron chi connectivity index (χ0n) is 11.6. The molecule has 1 aromatic carbocycles. The number of para-hydroxylation sites is 2. The molecular formula is C15H17N3OS. The topological polar surface area (TPSA) is 36.4 Å². The van der Waals surface area contributed by atoms with Crippen LogP contribution in [0.1, 0.15) is 18.9 Å². The van der Waals surface area contributed by atoms with Crippen LogP contribution in [-0.4, -0.2) is 23.5 Å². The summed E-state index contributed by atoms with van der Waals surface area (Å²) in [6, 6.07) is 8.25.